The van der Waals surface area contributed by atoms with E-state index in [1.807, 2.05) is 10.9 Å². The molecule has 0 aromatic heterocycles. The number of halogens is 3. The van der Waals surface area contributed by atoms with Gasteiger partial charge in [0.2, 0.25) is 0 Å². The molecule has 0 unspecified atom stereocenters. The van der Waals surface area contributed by atoms with Gasteiger partial charge >= 0.3 is 6.18 Å². The quantitative estimate of drug-likeness (QED) is 0.754. The molecule has 2 rings (SSSR count). The smallest absolute Gasteiger partial charge is 0.417 e. The summed E-state index contributed by atoms with van der Waals surface area (Å²) in [5.41, 5.74) is 2.24. The van der Waals surface area contributed by atoms with Crippen LogP contribution in [0.1, 0.15) is 22.8 Å². The van der Waals surface area contributed by atoms with E-state index in [0.717, 1.165) is 12.1 Å². The van der Waals surface area contributed by atoms with E-state index in [1.165, 1.54) is 12.1 Å². The van der Waals surface area contributed by atoms with E-state index >= 15 is 0 Å². The normalized spacial score (nSPS) is 10.8. The third-order valence-corrected chi connectivity index (χ3v) is 3.30. The van der Waals surface area contributed by atoms with Crippen molar-refractivity contribution in [3.05, 3.63) is 59.7 Å². The number of benzene rings is 2. The highest BCUT2D eigenvalue weighted by Crippen LogP contribution is 2.31. The molecule has 0 fully saturated rings. The summed E-state index contributed by atoms with van der Waals surface area (Å²) in [6.45, 7) is 1.73. The molecule has 0 saturated heterocycles. The first-order valence-corrected chi connectivity index (χ1v) is 7.93. The van der Waals surface area contributed by atoms with Crippen LogP contribution < -0.4 is 20.3 Å². The summed E-state index contributed by atoms with van der Waals surface area (Å²) in [5, 5.41) is 0. The fourth-order valence-electron chi connectivity index (χ4n) is 2.15. The highest BCUT2D eigenvalue weighted by molar-refractivity contribution is 5.97. The van der Waals surface area contributed by atoms with Crippen molar-refractivity contribution >= 4 is 11.8 Å². The fourth-order valence-corrected chi connectivity index (χ4v) is 2.15. The molecule has 0 radical (unpaired) electrons. The van der Waals surface area contributed by atoms with Crippen LogP contribution in [0.15, 0.2) is 48.5 Å². The molecule has 0 atom stereocenters. The first-order valence-electron chi connectivity index (χ1n) is 7.93. The minimum Gasteiger partial charge on any atom is -0.490 e. The van der Waals surface area contributed by atoms with E-state index in [2.05, 4.69) is 0 Å². The van der Waals surface area contributed by atoms with Crippen LogP contribution in [0.2, 0.25) is 0 Å². The van der Waals surface area contributed by atoms with Gasteiger partial charge in [0, 0.05) is 0 Å². The van der Waals surface area contributed by atoms with Gasteiger partial charge in [-0.2, -0.15) is 13.2 Å². The number of hydrogen-bond donors (Lipinski definition) is 2. The van der Waals surface area contributed by atoms with Crippen LogP contribution >= 0.6 is 0 Å². The number of nitrogens with one attached hydrogen (secondary N) is 2. The second-order valence-electron chi connectivity index (χ2n) is 5.21. The van der Waals surface area contributed by atoms with Crippen molar-refractivity contribution in [3.63, 3.8) is 0 Å². The molecule has 0 heterocycles. The van der Waals surface area contributed by atoms with E-state index in [9.17, 15) is 22.8 Å². The molecule has 0 aliphatic heterocycles. The summed E-state index contributed by atoms with van der Waals surface area (Å²) >= 11 is 0. The van der Waals surface area contributed by atoms with Gasteiger partial charge in [-0.15, -0.1) is 0 Å². The van der Waals surface area contributed by atoms with E-state index in [0.29, 0.717) is 18.1 Å². The highest BCUT2D eigenvalue weighted by atomic mass is 19.4. The number of ether oxygens (including phenoxy) is 2. The fraction of sp³-hybridized carbons (Fsp3) is 0.222. The summed E-state index contributed by atoms with van der Waals surface area (Å²) in [6, 6.07) is 10.9. The predicted octanol–water partition coefficient (Wildman–Crippen LogP) is 2.94. The third kappa shape index (κ3) is 5.63. The third-order valence-electron chi connectivity index (χ3n) is 3.30. The van der Waals surface area contributed by atoms with Crippen LogP contribution in [-0.4, -0.2) is 25.0 Å². The minimum absolute atomic E-state index is 0.322. The second kappa shape index (κ2) is 8.93. The lowest BCUT2D eigenvalue weighted by Crippen LogP contribution is -2.44. The Balaban J connectivity index is 1.92. The Labute approximate surface area is 153 Å². The standard InChI is InChI=1S/C18H17F3N2O4/c1-2-26-14-9-5-6-10-15(14)27-11-16(24)22-23-17(25)12-7-3-4-8-13(12)18(19,20)21/h3-10H,2,11H2,1H3,(H,22,24)(H,23,25). The van der Waals surface area contributed by atoms with E-state index in [-0.39, 0.29) is 0 Å². The summed E-state index contributed by atoms with van der Waals surface area (Å²) < 4.78 is 49.4. The van der Waals surface area contributed by atoms with Crippen LogP contribution in [0.4, 0.5) is 13.2 Å². The molecule has 0 spiro atoms. The van der Waals surface area contributed by atoms with Crippen molar-refractivity contribution in [2.24, 2.45) is 0 Å². The van der Waals surface area contributed by atoms with Crippen molar-refractivity contribution in [2.75, 3.05) is 13.2 Å². The summed E-state index contributed by atoms with van der Waals surface area (Å²) in [7, 11) is 0. The zero-order chi connectivity index (χ0) is 19.9. The number of rotatable bonds is 6. The number of alkyl halides is 3. The summed E-state index contributed by atoms with van der Waals surface area (Å²) in [5.74, 6) is -1.08. The zero-order valence-corrected chi connectivity index (χ0v) is 14.3. The predicted molar refractivity (Wildman–Crippen MR) is 90.2 cm³/mol. The van der Waals surface area contributed by atoms with Crippen molar-refractivity contribution in [1.29, 1.82) is 0 Å². The molecule has 27 heavy (non-hydrogen) atoms. The molecule has 9 heteroatoms. The summed E-state index contributed by atoms with van der Waals surface area (Å²) in [4.78, 5) is 23.7. The van der Waals surface area contributed by atoms with Gasteiger partial charge in [-0.3, -0.25) is 20.4 Å². The Morgan fingerprint density at radius 1 is 0.926 bits per heavy atom. The lowest BCUT2D eigenvalue weighted by molar-refractivity contribution is -0.137. The number of carbonyl (C=O) groups excluding carboxylic acids is 2. The average molecular weight is 382 g/mol. The van der Waals surface area contributed by atoms with Gasteiger partial charge in [-0.25, -0.2) is 0 Å². The number of carbonyl (C=O) groups is 2. The SMILES string of the molecule is CCOc1ccccc1OCC(=O)NNC(=O)c1ccccc1C(F)(F)F. The van der Waals surface area contributed by atoms with Gasteiger partial charge in [0.15, 0.2) is 18.1 Å². The van der Waals surface area contributed by atoms with Crippen LogP contribution in [0, 0.1) is 0 Å². The van der Waals surface area contributed by atoms with Crippen LogP contribution in [0.3, 0.4) is 0 Å². The molecule has 0 aliphatic rings. The van der Waals surface area contributed by atoms with Gasteiger partial charge < -0.3 is 9.47 Å². The van der Waals surface area contributed by atoms with Crippen molar-refractivity contribution < 1.29 is 32.2 Å². The maximum absolute atomic E-state index is 12.9. The molecule has 2 N–H and O–H groups in total. The number of hydrazine groups is 1. The molecule has 0 saturated carbocycles. The van der Waals surface area contributed by atoms with E-state index in [4.69, 9.17) is 9.47 Å². The second-order valence-corrected chi connectivity index (χ2v) is 5.21. The molecule has 2 aromatic rings. The average Bonchev–Trinajstić information content (AvgIpc) is 2.65. The molecule has 0 aliphatic carbocycles. The lowest BCUT2D eigenvalue weighted by Gasteiger charge is -2.14. The molecule has 2 amide bonds. The molecule has 6 nitrogen and oxygen atoms in total. The van der Waals surface area contributed by atoms with Crippen LogP contribution in [0.25, 0.3) is 0 Å². The van der Waals surface area contributed by atoms with Gasteiger partial charge in [0.05, 0.1) is 17.7 Å². The van der Waals surface area contributed by atoms with Gasteiger partial charge in [0.25, 0.3) is 11.8 Å². The van der Waals surface area contributed by atoms with Crippen molar-refractivity contribution in [1.82, 2.24) is 10.9 Å². The first kappa shape index (κ1) is 20.1. The Kier molecular flexibility index (Phi) is 6.64. The molecular weight excluding hydrogens is 365 g/mol. The lowest BCUT2D eigenvalue weighted by atomic mass is 10.1. The minimum atomic E-state index is -4.69. The number of hydrogen-bond acceptors (Lipinski definition) is 4. The summed E-state index contributed by atoms with van der Waals surface area (Å²) in [6.07, 6.45) is -4.69. The van der Waals surface area contributed by atoms with Crippen LogP contribution in [-0.2, 0) is 11.0 Å². The first-order chi connectivity index (χ1) is 12.8. The van der Waals surface area contributed by atoms with Gasteiger partial charge in [-0.1, -0.05) is 24.3 Å². The zero-order valence-electron chi connectivity index (χ0n) is 14.3. The Bertz CT molecular complexity index is 809. The molecule has 2 aromatic carbocycles. The molecule has 0 bridgehead atoms. The van der Waals surface area contributed by atoms with Crippen LogP contribution in [0.5, 0.6) is 11.5 Å². The van der Waals surface area contributed by atoms with E-state index in [1.54, 1.807) is 31.2 Å². The Hall–Kier alpha value is -3.23. The topological polar surface area (TPSA) is 76.7 Å². The maximum atomic E-state index is 12.9. The Morgan fingerprint density at radius 3 is 2.15 bits per heavy atom. The molecule has 144 valence electrons. The van der Waals surface area contributed by atoms with Gasteiger partial charge in [-0.05, 0) is 31.2 Å². The molecular formula is C18H17F3N2O4. The van der Waals surface area contributed by atoms with Gasteiger partial charge in [0.1, 0.15) is 0 Å². The Morgan fingerprint density at radius 2 is 1.52 bits per heavy atom. The van der Waals surface area contributed by atoms with Crippen molar-refractivity contribution in [3.8, 4) is 11.5 Å². The number of para-hydroxylation sites is 2. The van der Waals surface area contributed by atoms with Crippen molar-refractivity contribution in [2.45, 2.75) is 13.1 Å². The maximum Gasteiger partial charge on any atom is 0.417 e. The highest BCUT2D eigenvalue weighted by Gasteiger charge is 2.34. The monoisotopic (exact) mass is 382 g/mol. The van der Waals surface area contributed by atoms with E-state index < -0.39 is 35.7 Å². The number of amides is 2. The largest absolute Gasteiger partial charge is 0.490 e.